The van der Waals surface area contributed by atoms with E-state index < -0.39 is 10.0 Å². The molecule has 1 amide bonds. The lowest BCUT2D eigenvalue weighted by Crippen LogP contribution is -2.40. The fraction of sp³-hybridized carbons (Fsp3) is 0.350. The Morgan fingerprint density at radius 3 is 2.78 bits per heavy atom. The molecule has 1 aliphatic rings. The number of amides is 1. The number of fused-ring (bicyclic) bond motifs is 1. The molecular formula is C20H22ClN5O4S2. The van der Waals surface area contributed by atoms with Crippen molar-refractivity contribution in [3.8, 4) is 0 Å². The van der Waals surface area contributed by atoms with E-state index in [1.165, 1.54) is 16.1 Å². The molecule has 1 saturated heterocycles. The Labute approximate surface area is 195 Å². The number of aryl methyl sites for hydroxylation is 1. The number of aromatic nitrogens is 3. The number of nitrogens with one attached hydrogen (secondary N) is 1. The number of carbonyl (C=O) groups is 1. The van der Waals surface area contributed by atoms with Crippen LogP contribution in [-0.2, 0) is 26.1 Å². The van der Waals surface area contributed by atoms with E-state index in [0.717, 1.165) is 5.52 Å². The predicted molar refractivity (Wildman–Crippen MR) is 124 cm³/mol. The standard InChI is InChI=1S/C20H22ClN5O4S2/c1-2-26-17-6-5-14(32(28,29)25-8-10-30-11-9-25)12-16(17)24-20(26)31-13-18(27)23-15-4-3-7-22-19(15)21/h3-7,12H,2,8-11,13H2,1H3,(H,23,27). The minimum absolute atomic E-state index is 0.119. The second-order valence-corrected chi connectivity index (χ2v) is 10.2. The average molecular weight is 496 g/mol. The summed E-state index contributed by atoms with van der Waals surface area (Å²) >= 11 is 7.26. The Morgan fingerprint density at radius 2 is 2.06 bits per heavy atom. The first-order chi connectivity index (χ1) is 15.4. The van der Waals surface area contributed by atoms with Crippen molar-refractivity contribution in [2.75, 3.05) is 37.4 Å². The van der Waals surface area contributed by atoms with Gasteiger partial charge in [0.25, 0.3) is 0 Å². The number of morpholine rings is 1. The summed E-state index contributed by atoms with van der Waals surface area (Å²) < 4.78 is 34.6. The van der Waals surface area contributed by atoms with Gasteiger partial charge in [0, 0.05) is 25.8 Å². The van der Waals surface area contributed by atoms with Gasteiger partial charge in [-0.1, -0.05) is 23.4 Å². The monoisotopic (exact) mass is 495 g/mol. The largest absolute Gasteiger partial charge is 0.379 e. The highest BCUT2D eigenvalue weighted by atomic mass is 35.5. The Balaban J connectivity index is 1.53. The molecule has 0 spiro atoms. The molecule has 0 radical (unpaired) electrons. The van der Waals surface area contributed by atoms with Crippen LogP contribution < -0.4 is 5.32 Å². The topological polar surface area (TPSA) is 106 Å². The summed E-state index contributed by atoms with van der Waals surface area (Å²) in [7, 11) is -3.61. The fourth-order valence-corrected chi connectivity index (χ4v) is 5.87. The van der Waals surface area contributed by atoms with E-state index in [-0.39, 0.29) is 21.7 Å². The lowest BCUT2D eigenvalue weighted by atomic mass is 10.3. The van der Waals surface area contributed by atoms with Gasteiger partial charge >= 0.3 is 0 Å². The van der Waals surface area contributed by atoms with Crippen LogP contribution in [0, 0.1) is 0 Å². The van der Waals surface area contributed by atoms with Gasteiger partial charge in [-0.25, -0.2) is 18.4 Å². The third-order valence-corrected chi connectivity index (χ3v) is 8.15. The summed E-state index contributed by atoms with van der Waals surface area (Å²) in [5.41, 5.74) is 1.83. The van der Waals surface area contributed by atoms with Gasteiger partial charge in [-0.3, -0.25) is 4.79 Å². The van der Waals surface area contributed by atoms with Crippen molar-refractivity contribution in [3.63, 3.8) is 0 Å². The van der Waals surface area contributed by atoms with E-state index >= 15 is 0 Å². The van der Waals surface area contributed by atoms with Crippen molar-refractivity contribution >= 4 is 56.0 Å². The Kier molecular flexibility index (Phi) is 7.01. The van der Waals surface area contributed by atoms with Crippen molar-refractivity contribution < 1.29 is 17.9 Å². The van der Waals surface area contributed by atoms with Crippen LogP contribution in [0.4, 0.5) is 5.69 Å². The zero-order valence-electron chi connectivity index (χ0n) is 17.3. The van der Waals surface area contributed by atoms with Crippen LogP contribution in [0.2, 0.25) is 5.15 Å². The number of sulfonamides is 1. The van der Waals surface area contributed by atoms with Gasteiger partial charge in [0.1, 0.15) is 0 Å². The zero-order valence-corrected chi connectivity index (χ0v) is 19.7. The molecule has 2 aromatic heterocycles. The first-order valence-electron chi connectivity index (χ1n) is 10.0. The molecule has 0 bridgehead atoms. The van der Waals surface area contributed by atoms with Crippen LogP contribution in [0.5, 0.6) is 0 Å². The molecule has 0 unspecified atom stereocenters. The molecular weight excluding hydrogens is 474 g/mol. The summed E-state index contributed by atoms with van der Waals surface area (Å²) in [4.78, 5) is 21.1. The smallest absolute Gasteiger partial charge is 0.243 e. The highest BCUT2D eigenvalue weighted by Crippen LogP contribution is 2.28. The van der Waals surface area contributed by atoms with Crippen molar-refractivity contribution in [2.45, 2.75) is 23.5 Å². The first-order valence-corrected chi connectivity index (χ1v) is 12.8. The Bertz CT molecular complexity index is 1240. The summed E-state index contributed by atoms with van der Waals surface area (Å²) in [5.74, 6) is -0.122. The molecule has 32 heavy (non-hydrogen) atoms. The van der Waals surface area contributed by atoms with Crippen molar-refractivity contribution in [3.05, 3.63) is 41.7 Å². The number of anilines is 1. The normalized spacial score (nSPS) is 15.2. The number of rotatable bonds is 7. The first kappa shape index (κ1) is 23.0. The molecule has 0 aliphatic carbocycles. The lowest BCUT2D eigenvalue weighted by Gasteiger charge is -2.26. The van der Waals surface area contributed by atoms with Crippen LogP contribution >= 0.6 is 23.4 Å². The Hall–Kier alpha value is -2.18. The number of hydrogen-bond acceptors (Lipinski definition) is 7. The van der Waals surface area contributed by atoms with Crippen molar-refractivity contribution in [2.24, 2.45) is 0 Å². The quantitative estimate of drug-likeness (QED) is 0.396. The molecule has 1 aliphatic heterocycles. The fourth-order valence-electron chi connectivity index (χ4n) is 3.40. The van der Waals surface area contributed by atoms with Gasteiger partial charge in [0.2, 0.25) is 15.9 Å². The molecule has 0 atom stereocenters. The van der Waals surface area contributed by atoms with Gasteiger partial charge < -0.3 is 14.6 Å². The van der Waals surface area contributed by atoms with Crippen LogP contribution in [0.25, 0.3) is 11.0 Å². The molecule has 1 aromatic carbocycles. The van der Waals surface area contributed by atoms with Gasteiger partial charge in [0.05, 0.1) is 40.6 Å². The van der Waals surface area contributed by atoms with E-state index in [1.54, 1.807) is 36.5 Å². The third-order valence-electron chi connectivity index (χ3n) is 4.97. The maximum Gasteiger partial charge on any atom is 0.243 e. The van der Waals surface area contributed by atoms with Crippen LogP contribution in [0.1, 0.15) is 6.92 Å². The Morgan fingerprint density at radius 1 is 1.28 bits per heavy atom. The second-order valence-electron chi connectivity index (χ2n) is 6.98. The number of benzene rings is 1. The van der Waals surface area contributed by atoms with Gasteiger partial charge in [-0.05, 0) is 37.3 Å². The number of thioether (sulfide) groups is 1. The number of hydrogen-bond donors (Lipinski definition) is 1. The molecule has 1 fully saturated rings. The minimum atomic E-state index is -3.61. The molecule has 3 heterocycles. The highest BCUT2D eigenvalue weighted by Gasteiger charge is 2.27. The second kappa shape index (κ2) is 9.75. The highest BCUT2D eigenvalue weighted by molar-refractivity contribution is 7.99. The van der Waals surface area contributed by atoms with Crippen LogP contribution in [0.15, 0.2) is 46.6 Å². The molecule has 3 aromatic rings. The van der Waals surface area contributed by atoms with E-state index in [1.807, 2.05) is 11.5 Å². The number of halogens is 1. The number of imidazole rings is 1. The van der Waals surface area contributed by atoms with Crippen molar-refractivity contribution in [1.82, 2.24) is 18.8 Å². The average Bonchev–Trinajstić information content (AvgIpc) is 3.16. The number of nitrogens with zero attached hydrogens (tertiary/aromatic N) is 4. The molecule has 170 valence electrons. The van der Waals surface area contributed by atoms with E-state index in [0.29, 0.717) is 49.2 Å². The zero-order chi connectivity index (χ0) is 22.7. The third kappa shape index (κ3) is 4.76. The van der Waals surface area contributed by atoms with Crippen LogP contribution in [0.3, 0.4) is 0 Å². The SMILES string of the molecule is CCn1c(SCC(=O)Nc2cccnc2Cl)nc2cc(S(=O)(=O)N3CCOCC3)ccc21. The van der Waals surface area contributed by atoms with Gasteiger partial charge in [0.15, 0.2) is 10.3 Å². The summed E-state index contributed by atoms with van der Waals surface area (Å²) in [5, 5.41) is 3.59. The molecule has 9 nitrogen and oxygen atoms in total. The van der Waals surface area contributed by atoms with Crippen LogP contribution in [-0.4, -0.2) is 65.2 Å². The predicted octanol–water partition coefficient (Wildman–Crippen LogP) is 2.86. The number of ether oxygens (including phenoxy) is 1. The van der Waals surface area contributed by atoms with E-state index in [2.05, 4.69) is 15.3 Å². The maximum atomic E-state index is 13.0. The lowest BCUT2D eigenvalue weighted by molar-refractivity contribution is -0.113. The van der Waals surface area contributed by atoms with Gasteiger partial charge in [-0.2, -0.15) is 4.31 Å². The summed E-state index contributed by atoms with van der Waals surface area (Å²) in [6.45, 7) is 4.05. The number of pyridine rings is 1. The summed E-state index contributed by atoms with van der Waals surface area (Å²) in [6.07, 6.45) is 1.55. The maximum absolute atomic E-state index is 13.0. The van der Waals surface area contributed by atoms with E-state index in [9.17, 15) is 13.2 Å². The molecule has 1 N–H and O–H groups in total. The van der Waals surface area contributed by atoms with Gasteiger partial charge in [-0.15, -0.1) is 0 Å². The molecule has 12 heteroatoms. The summed E-state index contributed by atoms with van der Waals surface area (Å²) in [6, 6.07) is 8.32. The number of carbonyl (C=O) groups excluding carboxylic acids is 1. The van der Waals surface area contributed by atoms with Crippen molar-refractivity contribution in [1.29, 1.82) is 0 Å². The molecule has 0 saturated carbocycles. The van der Waals surface area contributed by atoms with E-state index in [4.69, 9.17) is 16.3 Å². The molecule has 4 rings (SSSR count). The minimum Gasteiger partial charge on any atom is -0.379 e.